The Labute approximate surface area is 139 Å². The number of rotatable bonds is 5. The second kappa shape index (κ2) is 6.91. The third kappa shape index (κ3) is 3.75. The van der Waals surface area contributed by atoms with Crippen LogP contribution in [-0.2, 0) is 11.3 Å². The first kappa shape index (κ1) is 15.7. The van der Waals surface area contributed by atoms with Crippen LogP contribution in [0, 0.1) is 0 Å². The SMILES string of the molecule is NC(=O)NC(=O)CN(Cc1ccc2c(c1)OCO2)c1ccccc1. The molecule has 0 aliphatic carbocycles. The Morgan fingerprint density at radius 3 is 2.58 bits per heavy atom. The highest BCUT2D eigenvalue weighted by Crippen LogP contribution is 2.33. The van der Waals surface area contributed by atoms with Crippen LogP contribution in [0.5, 0.6) is 11.5 Å². The van der Waals surface area contributed by atoms with E-state index in [0.29, 0.717) is 18.0 Å². The molecule has 0 saturated carbocycles. The minimum atomic E-state index is -0.865. The molecular weight excluding hydrogens is 310 g/mol. The summed E-state index contributed by atoms with van der Waals surface area (Å²) < 4.78 is 10.7. The molecule has 7 heteroatoms. The number of nitrogens with zero attached hydrogens (tertiary/aromatic N) is 1. The molecule has 0 saturated heterocycles. The molecule has 7 nitrogen and oxygen atoms in total. The van der Waals surface area contributed by atoms with Gasteiger partial charge in [0.25, 0.3) is 0 Å². The molecule has 124 valence electrons. The molecule has 0 unspecified atom stereocenters. The molecular formula is C17H17N3O4. The predicted octanol–water partition coefficient (Wildman–Crippen LogP) is 1.62. The maximum atomic E-state index is 11.9. The fraction of sp³-hybridized carbons (Fsp3) is 0.176. The molecule has 1 aliphatic heterocycles. The van der Waals surface area contributed by atoms with E-state index >= 15 is 0 Å². The number of anilines is 1. The number of nitrogens with two attached hydrogens (primary N) is 1. The second-order valence-electron chi connectivity index (χ2n) is 5.29. The van der Waals surface area contributed by atoms with E-state index in [1.807, 2.05) is 53.4 Å². The van der Waals surface area contributed by atoms with Crippen LogP contribution in [-0.4, -0.2) is 25.3 Å². The van der Waals surface area contributed by atoms with Crippen LogP contribution in [0.2, 0.25) is 0 Å². The van der Waals surface area contributed by atoms with Gasteiger partial charge in [-0.25, -0.2) is 4.79 Å². The van der Waals surface area contributed by atoms with E-state index in [9.17, 15) is 9.59 Å². The summed E-state index contributed by atoms with van der Waals surface area (Å²) in [5.74, 6) is 0.922. The van der Waals surface area contributed by atoms with Crippen molar-refractivity contribution in [2.45, 2.75) is 6.54 Å². The number of carbonyl (C=O) groups excluding carboxylic acids is 2. The maximum Gasteiger partial charge on any atom is 0.318 e. The number of amides is 3. The van der Waals surface area contributed by atoms with Gasteiger partial charge in [-0.05, 0) is 29.8 Å². The summed E-state index contributed by atoms with van der Waals surface area (Å²) in [5, 5.41) is 2.08. The summed E-state index contributed by atoms with van der Waals surface area (Å²) in [5.41, 5.74) is 6.81. The van der Waals surface area contributed by atoms with Crippen LogP contribution in [0.1, 0.15) is 5.56 Å². The summed E-state index contributed by atoms with van der Waals surface area (Å²) in [7, 11) is 0. The van der Waals surface area contributed by atoms with Gasteiger partial charge in [-0.3, -0.25) is 10.1 Å². The number of hydrogen-bond donors (Lipinski definition) is 2. The van der Waals surface area contributed by atoms with Crippen molar-refractivity contribution in [3.05, 3.63) is 54.1 Å². The first-order chi connectivity index (χ1) is 11.6. The molecule has 2 aromatic rings. The summed E-state index contributed by atoms with van der Waals surface area (Å²) in [4.78, 5) is 24.6. The maximum absolute atomic E-state index is 11.9. The van der Waals surface area contributed by atoms with Crippen molar-refractivity contribution in [2.24, 2.45) is 5.73 Å². The number of benzene rings is 2. The summed E-state index contributed by atoms with van der Waals surface area (Å²) in [6.45, 7) is 0.677. The average molecular weight is 327 g/mol. The molecule has 3 N–H and O–H groups in total. The molecule has 1 aliphatic rings. The van der Waals surface area contributed by atoms with Crippen molar-refractivity contribution in [1.82, 2.24) is 5.32 Å². The summed E-state index contributed by atoms with van der Waals surface area (Å²) >= 11 is 0. The summed E-state index contributed by atoms with van der Waals surface area (Å²) in [6.07, 6.45) is 0. The van der Waals surface area contributed by atoms with Crippen molar-refractivity contribution < 1.29 is 19.1 Å². The van der Waals surface area contributed by atoms with Gasteiger partial charge in [-0.2, -0.15) is 0 Å². The Bertz CT molecular complexity index is 749. The minimum Gasteiger partial charge on any atom is -0.454 e. The van der Waals surface area contributed by atoms with Gasteiger partial charge in [0.2, 0.25) is 12.7 Å². The predicted molar refractivity (Wildman–Crippen MR) is 87.8 cm³/mol. The van der Waals surface area contributed by atoms with Crippen LogP contribution in [0.3, 0.4) is 0 Å². The van der Waals surface area contributed by atoms with Crippen molar-refractivity contribution >= 4 is 17.6 Å². The van der Waals surface area contributed by atoms with Crippen molar-refractivity contribution in [3.8, 4) is 11.5 Å². The highest BCUT2D eigenvalue weighted by molar-refractivity contribution is 5.95. The van der Waals surface area contributed by atoms with E-state index < -0.39 is 11.9 Å². The van der Waals surface area contributed by atoms with Gasteiger partial charge in [0.1, 0.15) is 0 Å². The van der Waals surface area contributed by atoms with E-state index in [2.05, 4.69) is 5.32 Å². The summed E-state index contributed by atoms with van der Waals surface area (Å²) in [6, 6.07) is 14.2. The Morgan fingerprint density at radius 2 is 1.83 bits per heavy atom. The quantitative estimate of drug-likeness (QED) is 0.870. The number of carbonyl (C=O) groups is 2. The van der Waals surface area contributed by atoms with E-state index in [4.69, 9.17) is 15.2 Å². The monoisotopic (exact) mass is 327 g/mol. The van der Waals surface area contributed by atoms with Crippen molar-refractivity contribution in [2.75, 3.05) is 18.2 Å². The van der Waals surface area contributed by atoms with E-state index in [1.165, 1.54) is 0 Å². The smallest absolute Gasteiger partial charge is 0.318 e. The zero-order valence-electron chi connectivity index (χ0n) is 12.9. The van der Waals surface area contributed by atoms with Gasteiger partial charge in [0, 0.05) is 12.2 Å². The lowest BCUT2D eigenvalue weighted by molar-refractivity contribution is -0.118. The lowest BCUT2D eigenvalue weighted by Crippen LogP contribution is -2.42. The zero-order chi connectivity index (χ0) is 16.9. The van der Waals surface area contributed by atoms with Gasteiger partial charge in [-0.15, -0.1) is 0 Å². The van der Waals surface area contributed by atoms with Crippen LogP contribution in [0.25, 0.3) is 0 Å². The number of nitrogens with one attached hydrogen (secondary N) is 1. The average Bonchev–Trinajstić information content (AvgIpc) is 3.02. The zero-order valence-corrected chi connectivity index (χ0v) is 12.9. The molecule has 0 atom stereocenters. The number of urea groups is 1. The van der Waals surface area contributed by atoms with E-state index in [0.717, 1.165) is 11.3 Å². The van der Waals surface area contributed by atoms with Gasteiger partial charge in [0.15, 0.2) is 11.5 Å². The van der Waals surface area contributed by atoms with Gasteiger partial charge in [0.05, 0.1) is 6.54 Å². The largest absolute Gasteiger partial charge is 0.454 e. The van der Waals surface area contributed by atoms with Gasteiger partial charge < -0.3 is 20.1 Å². The molecule has 0 bridgehead atoms. The normalized spacial score (nSPS) is 11.8. The number of ether oxygens (including phenoxy) is 2. The molecule has 2 aromatic carbocycles. The number of primary amides is 1. The first-order valence-corrected chi connectivity index (χ1v) is 7.39. The number of hydrogen-bond acceptors (Lipinski definition) is 5. The van der Waals surface area contributed by atoms with Gasteiger partial charge in [-0.1, -0.05) is 24.3 Å². The molecule has 3 amide bonds. The highest BCUT2D eigenvalue weighted by Gasteiger charge is 2.17. The molecule has 3 rings (SSSR count). The number of para-hydroxylation sites is 1. The van der Waals surface area contributed by atoms with Crippen LogP contribution in [0.15, 0.2) is 48.5 Å². The fourth-order valence-corrected chi connectivity index (χ4v) is 2.49. The lowest BCUT2D eigenvalue weighted by atomic mass is 10.1. The molecule has 0 radical (unpaired) electrons. The van der Waals surface area contributed by atoms with Crippen LogP contribution < -0.4 is 25.4 Å². The van der Waals surface area contributed by atoms with Gasteiger partial charge >= 0.3 is 6.03 Å². The number of imide groups is 1. The topological polar surface area (TPSA) is 93.9 Å². The second-order valence-corrected chi connectivity index (χ2v) is 5.29. The number of fused-ring (bicyclic) bond motifs is 1. The van der Waals surface area contributed by atoms with Crippen molar-refractivity contribution in [1.29, 1.82) is 0 Å². The Hall–Kier alpha value is -3.22. The van der Waals surface area contributed by atoms with E-state index in [-0.39, 0.29) is 13.3 Å². The Morgan fingerprint density at radius 1 is 1.08 bits per heavy atom. The molecule has 24 heavy (non-hydrogen) atoms. The first-order valence-electron chi connectivity index (χ1n) is 7.39. The molecule has 0 aromatic heterocycles. The third-order valence-corrected chi connectivity index (χ3v) is 3.53. The lowest BCUT2D eigenvalue weighted by Gasteiger charge is -2.24. The van der Waals surface area contributed by atoms with Crippen molar-refractivity contribution in [3.63, 3.8) is 0 Å². The standard InChI is InChI=1S/C17H17N3O4/c18-17(22)19-16(21)10-20(13-4-2-1-3-5-13)9-12-6-7-14-15(8-12)24-11-23-14/h1-8H,9-11H2,(H3,18,19,21,22). The molecule has 1 heterocycles. The molecule has 0 spiro atoms. The van der Waals surface area contributed by atoms with Crippen LogP contribution >= 0.6 is 0 Å². The van der Waals surface area contributed by atoms with E-state index in [1.54, 1.807) is 0 Å². The minimum absolute atomic E-state index is 0.00138. The fourth-order valence-electron chi connectivity index (χ4n) is 2.49. The third-order valence-electron chi connectivity index (χ3n) is 3.53. The highest BCUT2D eigenvalue weighted by atomic mass is 16.7. The molecule has 0 fully saturated rings. The Kier molecular flexibility index (Phi) is 4.51. The Balaban J connectivity index is 1.79. The van der Waals surface area contributed by atoms with Crippen LogP contribution in [0.4, 0.5) is 10.5 Å².